The van der Waals surface area contributed by atoms with Gasteiger partial charge < -0.3 is 5.11 Å². The van der Waals surface area contributed by atoms with E-state index in [0.717, 1.165) is 6.07 Å². The van der Waals surface area contributed by atoms with Crippen molar-refractivity contribution in [2.24, 2.45) is 0 Å². The van der Waals surface area contributed by atoms with E-state index in [1.807, 2.05) is 0 Å². The van der Waals surface area contributed by atoms with E-state index >= 15 is 0 Å². The molecule has 5 heteroatoms. The third-order valence-electron chi connectivity index (χ3n) is 2.57. The average molecular weight is 241 g/mol. The van der Waals surface area contributed by atoms with E-state index in [-0.39, 0.29) is 17.8 Å². The topological polar surface area (TPSA) is 33.1 Å². The molecular weight excluding hydrogens is 231 g/mol. The van der Waals surface area contributed by atoms with Gasteiger partial charge in [0.25, 0.3) is 0 Å². The lowest BCUT2D eigenvalue weighted by atomic mass is 10.0. The van der Waals surface area contributed by atoms with E-state index in [0.29, 0.717) is 10.9 Å². The van der Waals surface area contributed by atoms with Gasteiger partial charge in [-0.15, -0.1) is 0 Å². The zero-order chi connectivity index (χ0) is 12.6. The van der Waals surface area contributed by atoms with Crippen molar-refractivity contribution in [2.45, 2.75) is 19.7 Å². The fourth-order valence-electron chi connectivity index (χ4n) is 1.80. The van der Waals surface area contributed by atoms with Crippen LogP contribution < -0.4 is 0 Å². The molecule has 0 saturated heterocycles. The molecule has 2 aromatic rings. The number of benzene rings is 1. The first-order chi connectivity index (χ1) is 7.93. The highest BCUT2D eigenvalue weighted by Crippen LogP contribution is 2.34. The second-order valence-electron chi connectivity index (χ2n) is 3.79. The lowest BCUT2D eigenvalue weighted by molar-refractivity contribution is -0.136. The molecule has 1 heterocycles. The Kier molecular flexibility index (Phi) is 2.79. The molecule has 0 aliphatic carbocycles. The average Bonchev–Trinajstić information content (AvgIpc) is 2.26. The molecule has 0 amide bonds. The second-order valence-corrected chi connectivity index (χ2v) is 3.79. The van der Waals surface area contributed by atoms with Crippen LogP contribution in [0.1, 0.15) is 16.8 Å². The monoisotopic (exact) mass is 241 g/mol. The number of aryl methyl sites for hydroxylation is 1. The van der Waals surface area contributed by atoms with E-state index in [4.69, 9.17) is 5.11 Å². The lowest BCUT2D eigenvalue weighted by Gasteiger charge is -2.11. The summed E-state index contributed by atoms with van der Waals surface area (Å²) >= 11 is 0. The fourth-order valence-corrected chi connectivity index (χ4v) is 1.80. The summed E-state index contributed by atoms with van der Waals surface area (Å²) in [6.45, 7) is 1.33. The Morgan fingerprint density at radius 1 is 1.29 bits per heavy atom. The van der Waals surface area contributed by atoms with Crippen LogP contribution in [-0.2, 0) is 12.8 Å². The number of hydrogen-bond donors (Lipinski definition) is 1. The first-order valence-electron chi connectivity index (χ1n) is 5.01. The number of pyridine rings is 1. The van der Waals surface area contributed by atoms with Crippen LogP contribution in [0.15, 0.2) is 24.3 Å². The predicted octanol–water partition coefficient (Wildman–Crippen LogP) is 3.05. The summed E-state index contributed by atoms with van der Waals surface area (Å²) in [5.74, 6) is 0. The Bertz CT molecular complexity index is 563. The maximum atomic E-state index is 12.8. The van der Waals surface area contributed by atoms with Gasteiger partial charge in [-0.3, -0.25) is 0 Å². The minimum absolute atomic E-state index is 0.107. The molecule has 0 radical (unpaired) electrons. The van der Waals surface area contributed by atoms with Gasteiger partial charge in [0.2, 0.25) is 0 Å². The molecule has 1 aromatic heterocycles. The Hall–Kier alpha value is -1.62. The molecule has 0 spiro atoms. The van der Waals surface area contributed by atoms with Crippen LogP contribution in [0.4, 0.5) is 13.2 Å². The highest BCUT2D eigenvalue weighted by atomic mass is 19.4. The highest BCUT2D eigenvalue weighted by molar-refractivity contribution is 5.85. The Morgan fingerprint density at radius 3 is 2.59 bits per heavy atom. The van der Waals surface area contributed by atoms with Crippen molar-refractivity contribution < 1.29 is 18.3 Å². The molecule has 0 fully saturated rings. The molecule has 17 heavy (non-hydrogen) atoms. The molecule has 0 unspecified atom stereocenters. The maximum Gasteiger partial charge on any atom is 0.418 e. The zero-order valence-corrected chi connectivity index (χ0v) is 9.04. The molecule has 0 aliphatic heterocycles. The molecule has 0 atom stereocenters. The molecule has 0 aliphatic rings. The van der Waals surface area contributed by atoms with Gasteiger partial charge in [0.15, 0.2) is 0 Å². The van der Waals surface area contributed by atoms with Crippen molar-refractivity contribution in [3.8, 4) is 0 Å². The van der Waals surface area contributed by atoms with E-state index in [1.54, 1.807) is 19.1 Å². The van der Waals surface area contributed by atoms with Crippen molar-refractivity contribution in [2.75, 3.05) is 0 Å². The summed E-state index contributed by atoms with van der Waals surface area (Å²) in [6, 6.07) is 5.53. The van der Waals surface area contributed by atoms with Gasteiger partial charge in [0, 0.05) is 5.39 Å². The van der Waals surface area contributed by atoms with Gasteiger partial charge in [-0.05, 0) is 24.6 Å². The predicted molar refractivity (Wildman–Crippen MR) is 57.4 cm³/mol. The number of rotatable bonds is 1. The Labute approximate surface area is 95.7 Å². The van der Waals surface area contributed by atoms with Crippen LogP contribution in [0.25, 0.3) is 10.9 Å². The van der Waals surface area contributed by atoms with E-state index in [2.05, 4.69) is 4.98 Å². The van der Waals surface area contributed by atoms with Gasteiger partial charge in [-0.1, -0.05) is 12.1 Å². The van der Waals surface area contributed by atoms with Crippen molar-refractivity contribution in [1.82, 2.24) is 4.98 Å². The van der Waals surface area contributed by atoms with Crippen LogP contribution in [0.5, 0.6) is 0 Å². The molecule has 2 nitrogen and oxygen atoms in total. The molecule has 0 bridgehead atoms. The summed E-state index contributed by atoms with van der Waals surface area (Å²) in [5.41, 5.74) is 0.0364. The standard InChI is InChI=1S/C12H10F3NO/c1-7-5-8(6-17)16-11-9(7)3-2-4-10(11)12(13,14)15/h2-5,17H,6H2,1H3. The van der Waals surface area contributed by atoms with Crippen LogP contribution >= 0.6 is 0 Å². The van der Waals surface area contributed by atoms with Crippen LogP contribution in [0.2, 0.25) is 0 Å². The Morgan fingerprint density at radius 2 is 2.00 bits per heavy atom. The summed E-state index contributed by atoms with van der Waals surface area (Å²) in [5, 5.41) is 9.43. The van der Waals surface area contributed by atoms with Crippen molar-refractivity contribution >= 4 is 10.9 Å². The van der Waals surface area contributed by atoms with E-state index in [9.17, 15) is 13.2 Å². The first-order valence-corrected chi connectivity index (χ1v) is 5.01. The largest absolute Gasteiger partial charge is 0.418 e. The van der Waals surface area contributed by atoms with Crippen molar-refractivity contribution in [3.05, 3.63) is 41.1 Å². The van der Waals surface area contributed by atoms with Gasteiger partial charge in [-0.2, -0.15) is 13.2 Å². The number of halogens is 3. The highest BCUT2D eigenvalue weighted by Gasteiger charge is 2.33. The van der Waals surface area contributed by atoms with Gasteiger partial charge in [0.05, 0.1) is 23.4 Å². The smallest absolute Gasteiger partial charge is 0.390 e. The summed E-state index contributed by atoms with van der Waals surface area (Å²) in [7, 11) is 0. The number of aliphatic hydroxyl groups excluding tert-OH is 1. The van der Waals surface area contributed by atoms with Crippen LogP contribution in [0.3, 0.4) is 0 Å². The number of aliphatic hydroxyl groups is 1. The third kappa shape index (κ3) is 2.10. The molecule has 90 valence electrons. The number of aromatic nitrogens is 1. The number of nitrogens with zero attached hydrogens (tertiary/aromatic N) is 1. The summed E-state index contributed by atoms with van der Waals surface area (Å²) in [6.07, 6.45) is -4.44. The fraction of sp³-hybridized carbons (Fsp3) is 0.250. The molecule has 0 saturated carbocycles. The number of fused-ring (bicyclic) bond motifs is 1. The molecule has 2 rings (SSSR count). The number of alkyl halides is 3. The summed E-state index contributed by atoms with van der Waals surface area (Å²) < 4.78 is 38.3. The number of hydrogen-bond acceptors (Lipinski definition) is 2. The SMILES string of the molecule is Cc1cc(CO)nc2c(C(F)(F)F)cccc12. The maximum absolute atomic E-state index is 12.8. The first kappa shape index (κ1) is 11.9. The number of para-hydroxylation sites is 1. The molecular formula is C12H10F3NO. The van der Waals surface area contributed by atoms with Gasteiger partial charge >= 0.3 is 6.18 Å². The van der Waals surface area contributed by atoms with Crippen LogP contribution in [-0.4, -0.2) is 10.1 Å². The molecule has 1 N–H and O–H groups in total. The van der Waals surface area contributed by atoms with Crippen LogP contribution in [0, 0.1) is 6.92 Å². The normalized spacial score (nSPS) is 12.1. The van der Waals surface area contributed by atoms with Gasteiger partial charge in [-0.25, -0.2) is 4.98 Å². The molecule has 1 aromatic carbocycles. The zero-order valence-electron chi connectivity index (χ0n) is 9.04. The van der Waals surface area contributed by atoms with E-state index < -0.39 is 11.7 Å². The quantitative estimate of drug-likeness (QED) is 0.832. The third-order valence-corrected chi connectivity index (χ3v) is 2.57. The van der Waals surface area contributed by atoms with Crippen molar-refractivity contribution in [3.63, 3.8) is 0 Å². The van der Waals surface area contributed by atoms with Crippen molar-refractivity contribution in [1.29, 1.82) is 0 Å². The van der Waals surface area contributed by atoms with E-state index in [1.165, 1.54) is 6.07 Å². The minimum atomic E-state index is -4.44. The Balaban J connectivity index is 2.83. The second kappa shape index (κ2) is 4.00. The lowest BCUT2D eigenvalue weighted by Crippen LogP contribution is -2.07. The minimum Gasteiger partial charge on any atom is -0.390 e. The summed E-state index contributed by atoms with van der Waals surface area (Å²) in [4.78, 5) is 3.85. The van der Waals surface area contributed by atoms with Gasteiger partial charge in [0.1, 0.15) is 0 Å².